The second-order valence-corrected chi connectivity index (χ2v) is 11.6. The Bertz CT molecular complexity index is 1350. The van der Waals surface area contributed by atoms with E-state index in [1.807, 2.05) is 0 Å². The first-order valence-corrected chi connectivity index (χ1v) is 12.7. The largest absolute Gasteiger partial charge is 0.510 e. The van der Waals surface area contributed by atoms with Gasteiger partial charge in [-0.3, -0.25) is 9.35 Å². The second kappa shape index (κ2) is 11.6. The predicted octanol–water partition coefficient (Wildman–Crippen LogP) is 4.03. The highest BCUT2D eigenvalue weighted by molar-refractivity contribution is 7.80. The lowest BCUT2D eigenvalue weighted by Crippen LogP contribution is -2.40. The molecule has 2 aromatic rings. The number of rotatable bonds is 9. The molecular weight excluding hydrogens is 530 g/mol. The standard InChI is InChI=1S/C23H30F2N4O8S/c1-22(2,3)11-16(30)28(13-36-21(31)35-8-7-9-37-38(32,33)34)20-27-18-15(24)10-14(12-26)17(25)19(18)29(20)23(4,5)6/h10H,7-9,11,13H2,1-6H3,(H,32,33,34). The van der Waals surface area contributed by atoms with E-state index in [9.17, 15) is 27.7 Å². The van der Waals surface area contributed by atoms with Crippen LogP contribution in [0.5, 0.6) is 0 Å². The predicted molar refractivity (Wildman–Crippen MR) is 130 cm³/mol. The Balaban J connectivity index is 2.44. The van der Waals surface area contributed by atoms with Gasteiger partial charge in [0.1, 0.15) is 17.1 Å². The van der Waals surface area contributed by atoms with Gasteiger partial charge >= 0.3 is 16.6 Å². The maximum absolute atomic E-state index is 15.3. The lowest BCUT2D eigenvalue weighted by Gasteiger charge is -2.30. The van der Waals surface area contributed by atoms with Crippen LogP contribution in [0.25, 0.3) is 11.0 Å². The van der Waals surface area contributed by atoms with Crippen LogP contribution in [0.15, 0.2) is 6.07 Å². The first-order chi connectivity index (χ1) is 17.4. The summed E-state index contributed by atoms with van der Waals surface area (Å²) in [6.45, 7) is 8.81. The van der Waals surface area contributed by atoms with Crippen molar-refractivity contribution >= 4 is 39.4 Å². The van der Waals surface area contributed by atoms with Gasteiger partial charge < -0.3 is 14.0 Å². The fourth-order valence-electron chi connectivity index (χ4n) is 3.39. The van der Waals surface area contributed by atoms with E-state index in [1.54, 1.807) is 47.6 Å². The molecule has 12 nitrogen and oxygen atoms in total. The number of halogens is 2. The smallest absolute Gasteiger partial charge is 0.434 e. The third-order valence-electron chi connectivity index (χ3n) is 4.87. The van der Waals surface area contributed by atoms with Gasteiger partial charge in [-0.1, -0.05) is 20.8 Å². The lowest BCUT2D eigenvalue weighted by atomic mass is 9.92. The van der Waals surface area contributed by atoms with Crippen molar-refractivity contribution in [1.29, 1.82) is 5.26 Å². The van der Waals surface area contributed by atoms with Crippen LogP contribution in [0, 0.1) is 28.4 Å². The van der Waals surface area contributed by atoms with E-state index in [4.69, 9.17) is 14.0 Å². The van der Waals surface area contributed by atoms with Gasteiger partial charge in [-0.2, -0.15) is 13.7 Å². The molecule has 15 heteroatoms. The maximum atomic E-state index is 15.3. The van der Waals surface area contributed by atoms with Crippen molar-refractivity contribution in [3.05, 3.63) is 23.3 Å². The molecule has 0 atom stereocenters. The molecule has 0 saturated heterocycles. The normalized spacial score (nSPS) is 12.3. The summed E-state index contributed by atoms with van der Waals surface area (Å²) in [6.07, 6.45) is -1.38. The van der Waals surface area contributed by atoms with Crippen molar-refractivity contribution in [3.63, 3.8) is 0 Å². The number of aromatic nitrogens is 2. The van der Waals surface area contributed by atoms with E-state index in [2.05, 4.69) is 9.17 Å². The number of fused-ring (bicyclic) bond motifs is 1. The Morgan fingerprint density at radius 3 is 2.32 bits per heavy atom. The Labute approximate surface area is 219 Å². The molecule has 0 bridgehead atoms. The minimum Gasteiger partial charge on any atom is -0.434 e. The number of imidazole rings is 1. The molecule has 38 heavy (non-hydrogen) atoms. The Morgan fingerprint density at radius 1 is 1.16 bits per heavy atom. The molecule has 0 radical (unpaired) electrons. The highest BCUT2D eigenvalue weighted by Gasteiger charge is 2.34. The summed E-state index contributed by atoms with van der Waals surface area (Å²) >= 11 is 0. The molecule has 2 rings (SSSR count). The zero-order valence-corrected chi connectivity index (χ0v) is 22.7. The van der Waals surface area contributed by atoms with Gasteiger partial charge in [-0.25, -0.2) is 27.6 Å². The lowest BCUT2D eigenvalue weighted by molar-refractivity contribution is -0.121. The van der Waals surface area contributed by atoms with Crippen molar-refractivity contribution in [2.45, 2.75) is 59.9 Å². The van der Waals surface area contributed by atoms with E-state index in [0.29, 0.717) is 6.07 Å². The molecule has 0 spiro atoms. The average molecular weight is 561 g/mol. The zero-order valence-electron chi connectivity index (χ0n) is 21.9. The first kappa shape index (κ1) is 30.9. The molecule has 1 N–H and O–H groups in total. The van der Waals surface area contributed by atoms with Gasteiger partial charge in [-0.15, -0.1) is 0 Å². The van der Waals surface area contributed by atoms with Crippen molar-refractivity contribution in [1.82, 2.24) is 9.55 Å². The van der Waals surface area contributed by atoms with E-state index >= 15 is 4.39 Å². The highest BCUT2D eigenvalue weighted by Crippen LogP contribution is 2.35. The van der Waals surface area contributed by atoms with Crippen LogP contribution < -0.4 is 4.90 Å². The van der Waals surface area contributed by atoms with Crippen LogP contribution in [-0.2, 0) is 34.4 Å². The summed E-state index contributed by atoms with van der Waals surface area (Å²) < 4.78 is 74.9. The number of anilines is 1. The summed E-state index contributed by atoms with van der Waals surface area (Å²) in [5.74, 6) is -2.79. The highest BCUT2D eigenvalue weighted by atomic mass is 32.3. The number of amides is 1. The molecule has 0 aliphatic heterocycles. The summed E-state index contributed by atoms with van der Waals surface area (Å²) in [7, 11) is -4.64. The van der Waals surface area contributed by atoms with Crippen molar-refractivity contribution < 1.29 is 45.0 Å². The molecular formula is C23H30F2N4O8S. The van der Waals surface area contributed by atoms with E-state index in [-0.39, 0.29) is 30.9 Å². The number of hydrogen-bond acceptors (Lipinski definition) is 9. The Morgan fingerprint density at radius 2 is 1.79 bits per heavy atom. The van der Waals surface area contributed by atoms with Crippen LogP contribution in [0.2, 0.25) is 0 Å². The molecule has 1 aromatic carbocycles. The van der Waals surface area contributed by atoms with Gasteiger partial charge in [0, 0.05) is 18.4 Å². The summed E-state index contributed by atoms with van der Waals surface area (Å²) in [5, 5.41) is 9.25. The topological polar surface area (TPSA) is 161 Å². The van der Waals surface area contributed by atoms with Crippen molar-refractivity contribution in [2.75, 3.05) is 24.8 Å². The monoisotopic (exact) mass is 560 g/mol. The molecule has 0 aliphatic rings. The van der Waals surface area contributed by atoms with Crippen LogP contribution in [0.1, 0.15) is 59.9 Å². The molecule has 0 fully saturated rings. The summed E-state index contributed by atoms with van der Waals surface area (Å²) in [5.41, 5.74) is -2.79. The number of hydrogen-bond donors (Lipinski definition) is 1. The SMILES string of the molecule is CC(C)(C)CC(=O)N(COC(=O)OCCCOS(=O)(=O)O)c1nc2c(F)cc(C#N)c(F)c2n1C(C)(C)C. The number of benzene rings is 1. The Kier molecular flexibility index (Phi) is 9.41. The summed E-state index contributed by atoms with van der Waals surface area (Å²) in [6, 6.07) is 2.31. The number of carbonyl (C=O) groups excluding carboxylic acids is 2. The molecule has 0 unspecified atom stereocenters. The quantitative estimate of drug-likeness (QED) is 0.205. The minimum atomic E-state index is -4.64. The molecule has 1 amide bonds. The second-order valence-electron chi connectivity index (χ2n) is 10.5. The van der Waals surface area contributed by atoms with Crippen LogP contribution in [0.4, 0.5) is 19.5 Å². The fraction of sp³-hybridized carbons (Fsp3) is 0.565. The molecule has 1 aromatic heterocycles. The third kappa shape index (κ3) is 8.07. The van der Waals surface area contributed by atoms with Gasteiger partial charge in [0.25, 0.3) is 0 Å². The third-order valence-corrected chi connectivity index (χ3v) is 5.33. The van der Waals surface area contributed by atoms with Gasteiger partial charge in [0.2, 0.25) is 11.9 Å². The molecule has 0 saturated carbocycles. The van der Waals surface area contributed by atoms with Crippen LogP contribution >= 0.6 is 0 Å². The van der Waals surface area contributed by atoms with Crippen LogP contribution in [0.3, 0.4) is 0 Å². The fourth-order valence-corrected chi connectivity index (χ4v) is 3.72. The van der Waals surface area contributed by atoms with E-state index in [1.165, 1.54) is 4.57 Å². The maximum Gasteiger partial charge on any atom is 0.510 e. The van der Waals surface area contributed by atoms with Crippen LogP contribution in [-0.4, -0.2) is 54.5 Å². The molecule has 0 aliphatic carbocycles. The number of nitriles is 1. The van der Waals surface area contributed by atoms with Crippen molar-refractivity contribution in [2.24, 2.45) is 5.41 Å². The van der Waals surface area contributed by atoms with E-state index in [0.717, 1.165) is 4.90 Å². The van der Waals surface area contributed by atoms with E-state index < -0.39 is 69.5 Å². The van der Waals surface area contributed by atoms with Crippen molar-refractivity contribution in [3.8, 4) is 6.07 Å². The Hall–Kier alpha value is -3.35. The number of carbonyl (C=O) groups is 2. The number of ether oxygens (including phenoxy) is 2. The molecule has 1 heterocycles. The summed E-state index contributed by atoms with van der Waals surface area (Å²) in [4.78, 5) is 30.6. The average Bonchev–Trinajstić information content (AvgIpc) is 3.16. The van der Waals surface area contributed by atoms with Gasteiger partial charge in [0.05, 0.1) is 18.8 Å². The van der Waals surface area contributed by atoms with Gasteiger partial charge in [0.15, 0.2) is 18.4 Å². The van der Waals surface area contributed by atoms with Gasteiger partial charge in [-0.05, 0) is 32.3 Å². The zero-order chi connectivity index (χ0) is 29.1. The minimum absolute atomic E-state index is 0.0554. The number of nitrogens with zero attached hydrogens (tertiary/aromatic N) is 4. The first-order valence-electron chi connectivity index (χ1n) is 11.4. The molecule has 210 valence electrons.